The highest BCUT2D eigenvalue weighted by Crippen LogP contribution is 2.12. The molecule has 0 unspecified atom stereocenters. The average molecular weight is 378 g/mol. The molecular formula is C18H26N4O5. The maximum atomic E-state index is 12.1. The summed E-state index contributed by atoms with van der Waals surface area (Å²) >= 11 is 0. The van der Waals surface area contributed by atoms with Crippen molar-refractivity contribution in [3.63, 3.8) is 0 Å². The normalized spacial score (nSPS) is 11.8. The first-order valence-electron chi connectivity index (χ1n) is 8.20. The fourth-order valence-electron chi connectivity index (χ4n) is 2.00. The van der Waals surface area contributed by atoms with Crippen LogP contribution >= 0.6 is 0 Å². The van der Waals surface area contributed by atoms with E-state index in [4.69, 9.17) is 19.2 Å². The van der Waals surface area contributed by atoms with Gasteiger partial charge in [0.15, 0.2) is 5.71 Å². The predicted molar refractivity (Wildman–Crippen MR) is 102 cm³/mol. The van der Waals surface area contributed by atoms with E-state index >= 15 is 0 Å². The maximum absolute atomic E-state index is 12.1. The standard InChI is InChI=1S/C18H26N4O5/c1-12(2)27-18(22-25-6)13(3)20-26-11-14-9-7-8-10-15(14)16(21-24-5)17(23)19-4/h7-10,12,20H,3,11H2,1-2,4-6H3,(H,19,23). The lowest BCUT2D eigenvalue weighted by Gasteiger charge is -2.16. The molecule has 1 aromatic rings. The second kappa shape index (κ2) is 11.5. The zero-order valence-corrected chi connectivity index (χ0v) is 16.2. The number of hydrogen-bond acceptors (Lipinski definition) is 8. The number of amides is 1. The van der Waals surface area contributed by atoms with Crippen LogP contribution in [0, 0.1) is 0 Å². The number of carbonyl (C=O) groups is 1. The van der Waals surface area contributed by atoms with E-state index in [0.29, 0.717) is 16.8 Å². The number of carbonyl (C=O) groups excluding carboxylic acids is 1. The summed E-state index contributed by atoms with van der Waals surface area (Å²) in [5, 5.41) is 10.1. The molecule has 2 N–H and O–H groups in total. The molecule has 27 heavy (non-hydrogen) atoms. The second-order valence-electron chi connectivity index (χ2n) is 5.47. The van der Waals surface area contributed by atoms with Gasteiger partial charge in [-0.25, -0.2) is 0 Å². The number of hydrogen-bond donors (Lipinski definition) is 2. The summed E-state index contributed by atoms with van der Waals surface area (Å²) in [7, 11) is 4.30. The Labute approximate surface area is 158 Å². The molecule has 0 radical (unpaired) electrons. The van der Waals surface area contributed by atoms with E-state index in [2.05, 4.69) is 27.7 Å². The third-order valence-corrected chi connectivity index (χ3v) is 3.10. The van der Waals surface area contributed by atoms with Crippen LogP contribution < -0.4 is 10.8 Å². The molecule has 1 amide bonds. The molecule has 0 atom stereocenters. The van der Waals surface area contributed by atoms with Gasteiger partial charge in [-0.05, 0) is 24.6 Å². The molecular weight excluding hydrogens is 352 g/mol. The molecule has 9 heteroatoms. The monoisotopic (exact) mass is 378 g/mol. The number of hydroxylamine groups is 1. The maximum Gasteiger partial charge on any atom is 0.275 e. The minimum atomic E-state index is -0.374. The van der Waals surface area contributed by atoms with Gasteiger partial charge >= 0.3 is 0 Å². The Bertz CT molecular complexity index is 701. The highest BCUT2D eigenvalue weighted by molar-refractivity contribution is 6.45. The molecule has 0 spiro atoms. The number of oxime groups is 2. The van der Waals surface area contributed by atoms with Gasteiger partial charge in [0.2, 0.25) is 0 Å². The Hall–Kier alpha value is -3.07. The quantitative estimate of drug-likeness (QED) is 0.365. The number of nitrogens with zero attached hydrogens (tertiary/aromatic N) is 2. The van der Waals surface area contributed by atoms with E-state index in [9.17, 15) is 4.79 Å². The minimum Gasteiger partial charge on any atom is -0.471 e. The molecule has 0 saturated heterocycles. The zero-order valence-electron chi connectivity index (χ0n) is 16.2. The fraction of sp³-hybridized carbons (Fsp3) is 0.389. The van der Waals surface area contributed by atoms with Crippen LogP contribution in [0.3, 0.4) is 0 Å². The van der Waals surface area contributed by atoms with Gasteiger partial charge in [-0.1, -0.05) is 36.0 Å². The van der Waals surface area contributed by atoms with Crippen molar-refractivity contribution < 1.29 is 24.0 Å². The average Bonchev–Trinajstić information content (AvgIpc) is 2.65. The van der Waals surface area contributed by atoms with Gasteiger partial charge < -0.3 is 19.7 Å². The molecule has 0 aliphatic heterocycles. The number of likely N-dealkylation sites (N-methyl/N-ethyl adjacent to an activating group) is 1. The van der Waals surface area contributed by atoms with Crippen molar-refractivity contribution in [2.24, 2.45) is 10.3 Å². The van der Waals surface area contributed by atoms with Crippen molar-refractivity contribution >= 4 is 17.5 Å². The van der Waals surface area contributed by atoms with Gasteiger partial charge in [0.25, 0.3) is 11.8 Å². The smallest absolute Gasteiger partial charge is 0.275 e. The third-order valence-electron chi connectivity index (χ3n) is 3.10. The largest absolute Gasteiger partial charge is 0.471 e. The van der Waals surface area contributed by atoms with Crippen molar-refractivity contribution in [3.05, 3.63) is 47.7 Å². The first-order valence-corrected chi connectivity index (χ1v) is 8.20. The molecule has 148 valence electrons. The number of ether oxygens (including phenoxy) is 1. The summed E-state index contributed by atoms with van der Waals surface area (Å²) in [6, 6.07) is 7.17. The predicted octanol–water partition coefficient (Wildman–Crippen LogP) is 1.70. The SMILES string of the molecule is C=C(NOCc1ccccc1C(=NOC)C(=O)NC)C(=NOC)OC(C)C. The highest BCUT2D eigenvalue weighted by atomic mass is 16.7. The van der Waals surface area contributed by atoms with E-state index in [-0.39, 0.29) is 30.2 Å². The number of nitrogens with one attached hydrogen (secondary N) is 2. The van der Waals surface area contributed by atoms with Crippen molar-refractivity contribution in [2.75, 3.05) is 21.3 Å². The Balaban J connectivity index is 2.87. The molecule has 0 aromatic heterocycles. The topological polar surface area (TPSA) is 103 Å². The van der Waals surface area contributed by atoms with E-state index in [1.807, 2.05) is 26.0 Å². The molecule has 1 aromatic carbocycles. The van der Waals surface area contributed by atoms with Crippen LogP contribution in [0.5, 0.6) is 0 Å². The molecule has 1 rings (SSSR count). The van der Waals surface area contributed by atoms with Gasteiger partial charge in [-0.15, -0.1) is 0 Å². The Morgan fingerprint density at radius 1 is 1.19 bits per heavy atom. The lowest BCUT2D eigenvalue weighted by molar-refractivity contribution is -0.114. The van der Waals surface area contributed by atoms with Crippen molar-refractivity contribution in [1.82, 2.24) is 10.8 Å². The zero-order chi connectivity index (χ0) is 20.2. The Morgan fingerprint density at radius 2 is 1.85 bits per heavy atom. The van der Waals surface area contributed by atoms with E-state index in [1.54, 1.807) is 12.1 Å². The molecule has 0 fully saturated rings. The van der Waals surface area contributed by atoms with Crippen LogP contribution in [0.25, 0.3) is 0 Å². The minimum absolute atomic E-state index is 0.112. The van der Waals surface area contributed by atoms with Gasteiger partial charge in [0.1, 0.15) is 26.5 Å². The highest BCUT2D eigenvalue weighted by Gasteiger charge is 2.17. The molecule has 9 nitrogen and oxygen atoms in total. The molecule has 0 bridgehead atoms. The Morgan fingerprint density at radius 3 is 2.44 bits per heavy atom. The van der Waals surface area contributed by atoms with Crippen LogP contribution in [0.4, 0.5) is 0 Å². The van der Waals surface area contributed by atoms with E-state index in [0.717, 1.165) is 0 Å². The van der Waals surface area contributed by atoms with E-state index in [1.165, 1.54) is 21.3 Å². The van der Waals surface area contributed by atoms with Gasteiger partial charge in [-0.3, -0.25) is 15.1 Å². The lowest BCUT2D eigenvalue weighted by Crippen LogP contribution is -2.30. The molecule has 0 saturated carbocycles. The van der Waals surface area contributed by atoms with Crippen LogP contribution in [-0.2, 0) is 30.7 Å². The van der Waals surface area contributed by atoms with Crippen LogP contribution in [0.15, 0.2) is 46.9 Å². The fourth-order valence-corrected chi connectivity index (χ4v) is 2.00. The van der Waals surface area contributed by atoms with Gasteiger partial charge in [0.05, 0.1) is 6.10 Å². The van der Waals surface area contributed by atoms with Crippen LogP contribution in [0.2, 0.25) is 0 Å². The van der Waals surface area contributed by atoms with Crippen LogP contribution in [0.1, 0.15) is 25.0 Å². The van der Waals surface area contributed by atoms with Gasteiger partial charge in [-0.2, -0.15) is 0 Å². The second-order valence-corrected chi connectivity index (χ2v) is 5.47. The summed E-state index contributed by atoms with van der Waals surface area (Å²) in [5.74, 6) is -0.200. The number of benzene rings is 1. The molecule has 0 aliphatic carbocycles. The first-order chi connectivity index (χ1) is 12.9. The van der Waals surface area contributed by atoms with Crippen molar-refractivity contribution in [3.8, 4) is 0 Å². The Kier molecular flexibility index (Phi) is 9.38. The summed E-state index contributed by atoms with van der Waals surface area (Å²) in [6.45, 7) is 7.63. The molecule has 0 aliphatic rings. The molecule has 0 heterocycles. The summed E-state index contributed by atoms with van der Waals surface area (Å²) in [5.41, 5.74) is 4.39. The van der Waals surface area contributed by atoms with Gasteiger partial charge in [0, 0.05) is 12.6 Å². The lowest BCUT2D eigenvalue weighted by atomic mass is 10.0. The third kappa shape index (κ3) is 6.98. The van der Waals surface area contributed by atoms with Crippen molar-refractivity contribution in [2.45, 2.75) is 26.6 Å². The number of rotatable bonds is 10. The van der Waals surface area contributed by atoms with E-state index < -0.39 is 0 Å². The summed E-state index contributed by atoms with van der Waals surface area (Å²) < 4.78 is 5.49. The van der Waals surface area contributed by atoms with Crippen molar-refractivity contribution in [1.29, 1.82) is 0 Å². The summed E-state index contributed by atoms with van der Waals surface area (Å²) in [4.78, 5) is 27.1. The first kappa shape index (κ1) is 22.0. The van der Waals surface area contributed by atoms with Crippen LogP contribution in [-0.4, -0.2) is 44.9 Å². The summed E-state index contributed by atoms with van der Waals surface area (Å²) in [6.07, 6.45) is -0.112.